The minimum atomic E-state index is -2.64. The lowest BCUT2D eigenvalue weighted by molar-refractivity contribution is -0.116. The average Bonchev–Trinajstić information content (AvgIpc) is 2.92. The van der Waals surface area contributed by atoms with Crippen molar-refractivity contribution in [3.05, 3.63) is 40.8 Å². The summed E-state index contributed by atoms with van der Waals surface area (Å²) in [5.41, 5.74) is -0.148. The van der Waals surface area contributed by atoms with Gasteiger partial charge in [-0.1, -0.05) is 11.6 Å². The van der Waals surface area contributed by atoms with E-state index in [1.165, 1.54) is 18.3 Å². The third-order valence-electron chi connectivity index (χ3n) is 2.83. The van der Waals surface area contributed by atoms with E-state index < -0.39 is 31.5 Å². The molecule has 2 N–H and O–H groups in total. The van der Waals surface area contributed by atoms with Gasteiger partial charge in [0.1, 0.15) is 24.7 Å². The number of amides is 1. The largest absolute Gasteiger partial charge is 0.477 e. The molecule has 0 unspecified atom stereocenters. The number of aromatic nitrogens is 3. The summed E-state index contributed by atoms with van der Waals surface area (Å²) in [4.78, 5) is 27.1. The number of hydrogen-bond donors (Lipinski definition) is 2. The quantitative estimate of drug-likeness (QED) is 0.732. The molecule has 2 aromatic rings. The van der Waals surface area contributed by atoms with Gasteiger partial charge in [0, 0.05) is 6.20 Å². The van der Waals surface area contributed by atoms with Crippen LogP contribution in [0.15, 0.2) is 24.4 Å². The first-order valence-electron chi connectivity index (χ1n) is 6.92. The molecule has 8 nitrogen and oxygen atoms in total. The number of carbonyl (C=O) groups excluding carboxylic acids is 1. The molecule has 25 heavy (non-hydrogen) atoms. The van der Waals surface area contributed by atoms with Crippen molar-refractivity contribution in [2.24, 2.45) is 0 Å². The summed E-state index contributed by atoms with van der Waals surface area (Å²) in [6.45, 7) is -1.49. The summed E-state index contributed by atoms with van der Waals surface area (Å²) in [6, 6.07) is 4.16. The van der Waals surface area contributed by atoms with Crippen LogP contribution in [0.1, 0.15) is 16.2 Å². The van der Waals surface area contributed by atoms with E-state index in [2.05, 4.69) is 15.4 Å². The van der Waals surface area contributed by atoms with Crippen molar-refractivity contribution < 1.29 is 28.2 Å². The maximum atomic E-state index is 12.0. The molecule has 2 heterocycles. The number of halogens is 3. The molecule has 0 radical (unpaired) electrons. The van der Waals surface area contributed by atoms with Crippen LogP contribution in [-0.4, -0.2) is 44.8 Å². The number of ether oxygens (including phenoxy) is 1. The highest BCUT2D eigenvalue weighted by molar-refractivity contribution is 6.30. The summed E-state index contributed by atoms with van der Waals surface area (Å²) in [5.74, 6) is -1.65. The molecule has 0 fully saturated rings. The maximum absolute atomic E-state index is 12.0. The third-order valence-corrected chi connectivity index (χ3v) is 3.06. The highest BCUT2D eigenvalue weighted by Gasteiger charge is 2.17. The van der Waals surface area contributed by atoms with Crippen LogP contribution in [0.4, 0.5) is 14.6 Å². The number of pyridine rings is 1. The van der Waals surface area contributed by atoms with Gasteiger partial charge in [0.2, 0.25) is 5.91 Å². The maximum Gasteiger partial charge on any atom is 0.354 e. The fraction of sp³-hybridized carbons (Fsp3) is 0.286. The topological polar surface area (TPSA) is 106 Å². The van der Waals surface area contributed by atoms with Gasteiger partial charge in [-0.2, -0.15) is 5.10 Å². The van der Waals surface area contributed by atoms with E-state index >= 15 is 0 Å². The Morgan fingerprint density at radius 2 is 2.16 bits per heavy atom. The molecule has 11 heteroatoms. The average molecular weight is 375 g/mol. The Morgan fingerprint density at radius 3 is 2.76 bits per heavy atom. The highest BCUT2D eigenvalue weighted by atomic mass is 35.5. The molecular formula is C14H13ClF2N4O4. The van der Waals surface area contributed by atoms with Crippen molar-refractivity contribution in [3.63, 3.8) is 0 Å². The number of nitrogens with one attached hydrogen (secondary N) is 1. The second-order valence-corrected chi connectivity index (χ2v) is 5.24. The molecule has 2 rings (SSSR count). The van der Waals surface area contributed by atoms with Crippen LogP contribution < -0.4 is 5.32 Å². The molecule has 134 valence electrons. The van der Waals surface area contributed by atoms with Gasteiger partial charge in [0.25, 0.3) is 6.43 Å². The predicted molar refractivity (Wildman–Crippen MR) is 82.7 cm³/mol. The van der Waals surface area contributed by atoms with Crippen molar-refractivity contribution >= 4 is 29.3 Å². The van der Waals surface area contributed by atoms with Crippen LogP contribution in [0, 0.1) is 0 Å². The van der Waals surface area contributed by atoms with Crippen LogP contribution in [0.25, 0.3) is 0 Å². The van der Waals surface area contributed by atoms with Gasteiger partial charge in [0.15, 0.2) is 0 Å². The zero-order chi connectivity index (χ0) is 18.4. The Balaban J connectivity index is 2.03. The number of anilines is 1. The van der Waals surface area contributed by atoms with Crippen LogP contribution in [0.3, 0.4) is 0 Å². The number of hydrogen-bond acceptors (Lipinski definition) is 5. The molecule has 0 bridgehead atoms. The number of nitrogens with zero attached hydrogens (tertiary/aromatic N) is 3. The normalized spacial score (nSPS) is 10.9. The van der Waals surface area contributed by atoms with Crippen molar-refractivity contribution in [3.8, 4) is 0 Å². The summed E-state index contributed by atoms with van der Waals surface area (Å²) in [6.07, 6.45) is -1.30. The minimum Gasteiger partial charge on any atom is -0.477 e. The Kier molecular flexibility index (Phi) is 6.37. The number of carboxylic acids is 1. The zero-order valence-electron chi connectivity index (χ0n) is 12.7. The van der Waals surface area contributed by atoms with Gasteiger partial charge >= 0.3 is 5.97 Å². The second-order valence-electron chi connectivity index (χ2n) is 4.80. The first kappa shape index (κ1) is 18.7. The second kappa shape index (κ2) is 8.49. The SMILES string of the molecule is O=C(Cn1nc(COCC(F)F)cc1C(=O)O)Nc1ccc(Cl)cn1. The van der Waals surface area contributed by atoms with Crippen LogP contribution in [-0.2, 0) is 22.7 Å². The summed E-state index contributed by atoms with van der Waals surface area (Å²) >= 11 is 5.68. The van der Waals surface area contributed by atoms with Gasteiger partial charge < -0.3 is 15.2 Å². The molecule has 0 spiro atoms. The van der Waals surface area contributed by atoms with E-state index in [0.29, 0.717) is 5.02 Å². The van der Waals surface area contributed by atoms with E-state index in [-0.39, 0.29) is 23.8 Å². The van der Waals surface area contributed by atoms with E-state index in [0.717, 1.165) is 10.7 Å². The summed E-state index contributed by atoms with van der Waals surface area (Å²) in [5, 5.41) is 15.9. The van der Waals surface area contributed by atoms with Crippen molar-refractivity contribution in [2.45, 2.75) is 19.6 Å². The summed E-state index contributed by atoms with van der Waals surface area (Å²) in [7, 11) is 0. The molecular weight excluding hydrogens is 362 g/mol. The number of carboxylic acid groups (broad SMARTS) is 1. The monoisotopic (exact) mass is 374 g/mol. The Bertz CT molecular complexity index is 752. The molecule has 0 aliphatic heterocycles. The fourth-order valence-electron chi connectivity index (χ4n) is 1.85. The predicted octanol–water partition coefficient (Wildman–Crippen LogP) is 2.05. The Labute approximate surface area is 145 Å². The molecule has 0 saturated heterocycles. The zero-order valence-corrected chi connectivity index (χ0v) is 13.4. The molecule has 1 amide bonds. The first-order valence-corrected chi connectivity index (χ1v) is 7.30. The fourth-order valence-corrected chi connectivity index (χ4v) is 1.97. The molecule has 0 aliphatic carbocycles. The van der Waals surface area contributed by atoms with Crippen molar-refractivity contribution in [1.29, 1.82) is 0 Å². The van der Waals surface area contributed by atoms with Crippen molar-refractivity contribution in [1.82, 2.24) is 14.8 Å². The van der Waals surface area contributed by atoms with E-state index in [4.69, 9.17) is 21.4 Å². The molecule has 0 saturated carbocycles. The molecule has 2 aromatic heterocycles. The lowest BCUT2D eigenvalue weighted by atomic mass is 10.3. The first-order chi connectivity index (χ1) is 11.8. The smallest absolute Gasteiger partial charge is 0.354 e. The Morgan fingerprint density at radius 1 is 1.40 bits per heavy atom. The minimum absolute atomic E-state index is 0.121. The summed E-state index contributed by atoms with van der Waals surface area (Å²) < 4.78 is 29.7. The van der Waals surface area contributed by atoms with Gasteiger partial charge in [-0.3, -0.25) is 4.79 Å². The number of rotatable bonds is 8. The van der Waals surface area contributed by atoms with Gasteiger partial charge in [0.05, 0.1) is 17.3 Å². The Hall–Kier alpha value is -2.59. The lowest BCUT2D eigenvalue weighted by Gasteiger charge is -2.06. The van der Waals surface area contributed by atoms with E-state index in [1.807, 2.05) is 0 Å². The van der Waals surface area contributed by atoms with E-state index in [1.54, 1.807) is 0 Å². The van der Waals surface area contributed by atoms with Crippen LogP contribution >= 0.6 is 11.6 Å². The molecule has 0 aromatic carbocycles. The van der Waals surface area contributed by atoms with Gasteiger partial charge in [-0.05, 0) is 18.2 Å². The third kappa shape index (κ3) is 5.76. The van der Waals surface area contributed by atoms with E-state index in [9.17, 15) is 18.4 Å². The highest BCUT2D eigenvalue weighted by Crippen LogP contribution is 2.11. The van der Waals surface area contributed by atoms with Gasteiger partial charge in [-0.15, -0.1) is 0 Å². The van der Waals surface area contributed by atoms with Crippen LogP contribution in [0.5, 0.6) is 0 Å². The number of aromatic carboxylic acids is 1. The lowest BCUT2D eigenvalue weighted by Crippen LogP contribution is -2.22. The molecule has 0 atom stereocenters. The number of alkyl halides is 2. The molecule has 0 aliphatic rings. The van der Waals surface area contributed by atoms with Gasteiger partial charge in [-0.25, -0.2) is 23.2 Å². The van der Waals surface area contributed by atoms with Crippen LogP contribution in [0.2, 0.25) is 5.02 Å². The standard InChI is InChI=1S/C14H13ClF2N4O4/c15-8-1-2-12(18-4-8)19-13(22)5-21-10(14(23)24)3-9(20-21)6-25-7-11(16)17/h1-4,11H,5-7H2,(H,23,24)(H,18,19,22). The number of carbonyl (C=O) groups is 2. The van der Waals surface area contributed by atoms with Crippen molar-refractivity contribution in [2.75, 3.05) is 11.9 Å².